The molecule has 0 N–H and O–H groups in total. The molecule has 0 heterocycles. The van der Waals surface area contributed by atoms with E-state index in [4.69, 9.17) is 4.74 Å². The van der Waals surface area contributed by atoms with Gasteiger partial charge in [-0.1, -0.05) is 45.5 Å². The van der Waals surface area contributed by atoms with Gasteiger partial charge in [0.15, 0.2) is 0 Å². The standard InChI is InChI=1S/C14H27NOS/c1-4-7-10-13-17-14-16-12-9-8-11-15(5-2)6-3/h4-7,10-14H2,1-3H3. The zero-order valence-electron chi connectivity index (χ0n) is 11.6. The molecule has 0 bridgehead atoms. The van der Waals surface area contributed by atoms with Gasteiger partial charge in [-0.3, -0.25) is 4.90 Å². The van der Waals surface area contributed by atoms with Crippen LogP contribution < -0.4 is 0 Å². The fourth-order valence-corrected chi connectivity index (χ4v) is 2.06. The van der Waals surface area contributed by atoms with Crippen molar-refractivity contribution < 1.29 is 4.74 Å². The molecule has 0 rings (SSSR count). The first-order valence-corrected chi connectivity index (χ1v) is 7.84. The van der Waals surface area contributed by atoms with Gasteiger partial charge in [-0.05, 0) is 25.3 Å². The summed E-state index contributed by atoms with van der Waals surface area (Å²) in [6, 6.07) is 0. The SMILES string of the molecule is CCCCCSCOCC#CCN(CC)CC. The van der Waals surface area contributed by atoms with Crippen molar-refractivity contribution in [1.82, 2.24) is 4.90 Å². The lowest BCUT2D eigenvalue weighted by Crippen LogP contribution is -2.22. The van der Waals surface area contributed by atoms with Crippen molar-refractivity contribution in [3.05, 3.63) is 0 Å². The Kier molecular flexibility index (Phi) is 13.8. The van der Waals surface area contributed by atoms with Crippen LogP contribution in [0.1, 0.15) is 40.0 Å². The van der Waals surface area contributed by atoms with E-state index < -0.39 is 0 Å². The maximum atomic E-state index is 5.43. The third-order valence-electron chi connectivity index (χ3n) is 2.56. The Morgan fingerprint density at radius 3 is 2.47 bits per heavy atom. The van der Waals surface area contributed by atoms with Gasteiger partial charge in [0.1, 0.15) is 6.61 Å². The zero-order chi connectivity index (χ0) is 12.8. The van der Waals surface area contributed by atoms with Crippen LogP contribution in [-0.4, -0.2) is 42.8 Å². The normalized spacial score (nSPS) is 10.4. The Balaban J connectivity index is 3.24. The van der Waals surface area contributed by atoms with Gasteiger partial charge in [0, 0.05) is 0 Å². The fourth-order valence-electron chi connectivity index (χ4n) is 1.33. The Labute approximate surface area is 111 Å². The van der Waals surface area contributed by atoms with Crippen LogP contribution in [0.5, 0.6) is 0 Å². The number of rotatable bonds is 10. The fraction of sp³-hybridized carbons (Fsp3) is 0.857. The van der Waals surface area contributed by atoms with Crippen LogP contribution in [0.25, 0.3) is 0 Å². The highest BCUT2D eigenvalue weighted by Crippen LogP contribution is 2.05. The van der Waals surface area contributed by atoms with Crippen LogP contribution in [0, 0.1) is 11.8 Å². The van der Waals surface area contributed by atoms with Crippen molar-refractivity contribution in [2.45, 2.75) is 40.0 Å². The largest absolute Gasteiger partial charge is 0.358 e. The predicted molar refractivity (Wildman–Crippen MR) is 78.4 cm³/mol. The third kappa shape index (κ3) is 12.1. The molecule has 2 nitrogen and oxygen atoms in total. The topological polar surface area (TPSA) is 12.5 Å². The first kappa shape index (κ1) is 16.8. The minimum atomic E-state index is 0.571. The summed E-state index contributed by atoms with van der Waals surface area (Å²) < 4.78 is 5.43. The van der Waals surface area contributed by atoms with Crippen LogP contribution in [-0.2, 0) is 4.74 Å². The minimum absolute atomic E-state index is 0.571. The molecular formula is C14H27NOS. The van der Waals surface area contributed by atoms with Gasteiger partial charge in [-0.15, -0.1) is 11.8 Å². The van der Waals surface area contributed by atoms with Gasteiger partial charge in [0.2, 0.25) is 0 Å². The molecule has 0 saturated heterocycles. The number of hydrogen-bond acceptors (Lipinski definition) is 3. The molecule has 0 aliphatic heterocycles. The Morgan fingerprint density at radius 2 is 1.82 bits per heavy atom. The summed E-state index contributed by atoms with van der Waals surface area (Å²) in [5.41, 5.74) is 0. The lowest BCUT2D eigenvalue weighted by atomic mass is 10.3. The lowest BCUT2D eigenvalue weighted by molar-refractivity contribution is 0.222. The maximum Gasteiger partial charge on any atom is 0.108 e. The van der Waals surface area contributed by atoms with Crippen LogP contribution >= 0.6 is 11.8 Å². The number of ether oxygens (including phenoxy) is 1. The van der Waals surface area contributed by atoms with E-state index in [-0.39, 0.29) is 0 Å². The van der Waals surface area contributed by atoms with Gasteiger partial charge in [0.25, 0.3) is 0 Å². The second kappa shape index (κ2) is 13.9. The Hall–Kier alpha value is -0.170. The monoisotopic (exact) mass is 257 g/mol. The second-order valence-electron chi connectivity index (χ2n) is 3.90. The van der Waals surface area contributed by atoms with Crippen molar-refractivity contribution in [2.24, 2.45) is 0 Å². The molecule has 0 aromatic heterocycles. The molecule has 0 aromatic carbocycles. The highest BCUT2D eigenvalue weighted by Gasteiger charge is 1.93. The van der Waals surface area contributed by atoms with Crippen molar-refractivity contribution in [2.75, 3.05) is 37.9 Å². The van der Waals surface area contributed by atoms with Crippen molar-refractivity contribution in [3.8, 4) is 11.8 Å². The van der Waals surface area contributed by atoms with Crippen LogP contribution in [0.4, 0.5) is 0 Å². The molecule has 0 atom stereocenters. The predicted octanol–water partition coefficient (Wildman–Crippen LogP) is 3.23. The van der Waals surface area contributed by atoms with Crippen molar-refractivity contribution in [3.63, 3.8) is 0 Å². The van der Waals surface area contributed by atoms with Gasteiger partial charge in [-0.25, -0.2) is 0 Å². The second-order valence-corrected chi connectivity index (χ2v) is 4.95. The summed E-state index contributed by atoms with van der Waals surface area (Å²) in [6.07, 6.45) is 3.92. The number of hydrogen-bond donors (Lipinski definition) is 0. The summed E-state index contributed by atoms with van der Waals surface area (Å²) >= 11 is 1.87. The van der Waals surface area contributed by atoms with E-state index in [0.29, 0.717) is 6.61 Å². The number of nitrogens with zero attached hydrogens (tertiary/aromatic N) is 1. The average molecular weight is 257 g/mol. The van der Waals surface area contributed by atoms with E-state index in [1.54, 1.807) is 0 Å². The molecule has 0 aromatic rings. The Bertz CT molecular complexity index is 206. The van der Waals surface area contributed by atoms with Crippen LogP contribution in [0.15, 0.2) is 0 Å². The van der Waals surface area contributed by atoms with E-state index in [1.165, 1.54) is 25.0 Å². The van der Waals surface area contributed by atoms with Crippen LogP contribution in [0.2, 0.25) is 0 Å². The van der Waals surface area contributed by atoms with E-state index in [9.17, 15) is 0 Å². The lowest BCUT2D eigenvalue weighted by Gasteiger charge is -2.13. The number of unbranched alkanes of at least 4 members (excludes halogenated alkanes) is 2. The Morgan fingerprint density at radius 1 is 1.06 bits per heavy atom. The summed E-state index contributed by atoms with van der Waals surface area (Å²) in [5.74, 6) is 8.19. The van der Waals surface area contributed by atoms with E-state index in [1.807, 2.05) is 11.8 Å². The van der Waals surface area contributed by atoms with E-state index >= 15 is 0 Å². The summed E-state index contributed by atoms with van der Waals surface area (Å²) in [7, 11) is 0. The van der Waals surface area contributed by atoms with Crippen LogP contribution in [0.3, 0.4) is 0 Å². The average Bonchev–Trinajstić information content (AvgIpc) is 2.36. The molecule has 0 aliphatic carbocycles. The highest BCUT2D eigenvalue weighted by atomic mass is 32.2. The molecule has 17 heavy (non-hydrogen) atoms. The maximum absolute atomic E-state index is 5.43. The minimum Gasteiger partial charge on any atom is -0.358 e. The molecule has 0 unspecified atom stereocenters. The molecule has 3 heteroatoms. The molecular weight excluding hydrogens is 230 g/mol. The van der Waals surface area contributed by atoms with Gasteiger partial charge in [0.05, 0.1) is 12.5 Å². The van der Waals surface area contributed by atoms with E-state index in [2.05, 4.69) is 37.5 Å². The molecule has 0 radical (unpaired) electrons. The third-order valence-corrected chi connectivity index (χ3v) is 3.47. The molecule has 0 spiro atoms. The summed E-state index contributed by atoms with van der Waals surface area (Å²) in [5, 5.41) is 0. The molecule has 0 fully saturated rings. The zero-order valence-corrected chi connectivity index (χ0v) is 12.4. The first-order chi connectivity index (χ1) is 8.35. The van der Waals surface area contributed by atoms with E-state index in [0.717, 1.165) is 25.6 Å². The molecule has 0 amide bonds. The highest BCUT2D eigenvalue weighted by molar-refractivity contribution is 7.99. The summed E-state index contributed by atoms with van der Waals surface area (Å²) in [6.45, 7) is 10.1. The van der Waals surface area contributed by atoms with Gasteiger partial charge in [-0.2, -0.15) is 0 Å². The summed E-state index contributed by atoms with van der Waals surface area (Å²) in [4.78, 5) is 2.30. The number of thioether (sulfide) groups is 1. The molecule has 100 valence electrons. The quantitative estimate of drug-likeness (QED) is 0.339. The molecule has 0 saturated carbocycles. The molecule has 0 aliphatic rings. The van der Waals surface area contributed by atoms with Gasteiger partial charge >= 0.3 is 0 Å². The van der Waals surface area contributed by atoms with Crippen molar-refractivity contribution in [1.29, 1.82) is 0 Å². The first-order valence-electron chi connectivity index (χ1n) is 6.68. The smallest absolute Gasteiger partial charge is 0.108 e. The van der Waals surface area contributed by atoms with Gasteiger partial charge < -0.3 is 4.74 Å². The van der Waals surface area contributed by atoms with Crippen molar-refractivity contribution >= 4 is 11.8 Å².